The van der Waals surface area contributed by atoms with Crippen LogP contribution in [0.15, 0.2) is 28.9 Å². The molecule has 1 aromatic carbocycles. The summed E-state index contributed by atoms with van der Waals surface area (Å²) in [6, 6.07) is 4.04. The van der Waals surface area contributed by atoms with Crippen LogP contribution in [-0.2, 0) is 0 Å². The molecule has 76 valence electrons. The highest BCUT2D eigenvalue weighted by Gasteiger charge is 2.10. The number of carbonyl (C=O) groups excluding carboxylic acids is 1. The number of benzene rings is 1. The van der Waals surface area contributed by atoms with Crippen molar-refractivity contribution in [2.24, 2.45) is 0 Å². The third kappa shape index (κ3) is 1.79. The van der Waals surface area contributed by atoms with Gasteiger partial charge in [0.2, 0.25) is 5.89 Å². The zero-order valence-corrected chi connectivity index (χ0v) is 8.03. The SMILES string of the molecule is Cc1coc(-c2cc(C=O)ccc2F)n1. The maximum atomic E-state index is 13.4. The van der Waals surface area contributed by atoms with Crippen molar-refractivity contribution in [3.05, 3.63) is 41.5 Å². The van der Waals surface area contributed by atoms with Gasteiger partial charge >= 0.3 is 0 Å². The molecule has 0 fully saturated rings. The first-order valence-electron chi connectivity index (χ1n) is 4.38. The standard InChI is InChI=1S/C11H8FNO2/c1-7-6-15-11(13-7)9-4-8(5-14)2-3-10(9)12/h2-6H,1H3. The number of oxazole rings is 1. The van der Waals surface area contributed by atoms with E-state index in [1.54, 1.807) is 6.92 Å². The second-order valence-corrected chi connectivity index (χ2v) is 3.15. The van der Waals surface area contributed by atoms with E-state index in [-0.39, 0.29) is 11.5 Å². The normalized spacial score (nSPS) is 10.3. The van der Waals surface area contributed by atoms with Crippen molar-refractivity contribution in [3.8, 4) is 11.5 Å². The summed E-state index contributed by atoms with van der Waals surface area (Å²) in [6.45, 7) is 1.74. The van der Waals surface area contributed by atoms with Crippen molar-refractivity contribution in [2.45, 2.75) is 6.92 Å². The van der Waals surface area contributed by atoms with Gasteiger partial charge in [-0.3, -0.25) is 4.79 Å². The monoisotopic (exact) mass is 205 g/mol. The molecule has 0 atom stereocenters. The second-order valence-electron chi connectivity index (χ2n) is 3.15. The Hall–Kier alpha value is -1.97. The van der Waals surface area contributed by atoms with Gasteiger partial charge in [0.15, 0.2) is 0 Å². The lowest BCUT2D eigenvalue weighted by Crippen LogP contribution is -1.88. The van der Waals surface area contributed by atoms with Gasteiger partial charge in [-0.15, -0.1) is 0 Å². The predicted molar refractivity (Wildman–Crippen MR) is 52.0 cm³/mol. The molecule has 0 aliphatic rings. The van der Waals surface area contributed by atoms with Crippen LogP contribution in [0.4, 0.5) is 4.39 Å². The highest BCUT2D eigenvalue weighted by Crippen LogP contribution is 2.22. The fourth-order valence-electron chi connectivity index (χ4n) is 1.26. The third-order valence-corrected chi connectivity index (χ3v) is 1.98. The lowest BCUT2D eigenvalue weighted by molar-refractivity contribution is 0.112. The minimum Gasteiger partial charge on any atom is -0.444 e. The van der Waals surface area contributed by atoms with Crippen LogP contribution in [0.2, 0.25) is 0 Å². The second kappa shape index (κ2) is 3.65. The van der Waals surface area contributed by atoms with Crippen molar-refractivity contribution < 1.29 is 13.6 Å². The number of aromatic nitrogens is 1. The van der Waals surface area contributed by atoms with Crippen molar-refractivity contribution in [3.63, 3.8) is 0 Å². The number of rotatable bonds is 2. The Kier molecular flexibility index (Phi) is 2.33. The molecule has 0 saturated carbocycles. The highest BCUT2D eigenvalue weighted by molar-refractivity contribution is 5.77. The number of hydrogen-bond acceptors (Lipinski definition) is 3. The number of aryl methyl sites for hydroxylation is 1. The van der Waals surface area contributed by atoms with Crippen LogP contribution in [0.1, 0.15) is 16.1 Å². The van der Waals surface area contributed by atoms with Crippen LogP contribution < -0.4 is 0 Å². The van der Waals surface area contributed by atoms with Gasteiger partial charge < -0.3 is 4.42 Å². The van der Waals surface area contributed by atoms with Gasteiger partial charge in [-0.05, 0) is 25.1 Å². The van der Waals surface area contributed by atoms with Crippen LogP contribution in [0.5, 0.6) is 0 Å². The zero-order chi connectivity index (χ0) is 10.8. The predicted octanol–water partition coefficient (Wildman–Crippen LogP) is 2.60. The van der Waals surface area contributed by atoms with E-state index in [9.17, 15) is 9.18 Å². The third-order valence-electron chi connectivity index (χ3n) is 1.98. The Labute approximate surface area is 85.6 Å². The molecule has 0 N–H and O–H groups in total. The summed E-state index contributed by atoms with van der Waals surface area (Å²) < 4.78 is 18.4. The lowest BCUT2D eigenvalue weighted by atomic mass is 10.1. The molecule has 0 amide bonds. The van der Waals surface area contributed by atoms with Gasteiger partial charge in [-0.1, -0.05) is 0 Å². The molecule has 2 aromatic rings. The van der Waals surface area contributed by atoms with Crippen LogP contribution in [0, 0.1) is 12.7 Å². The average molecular weight is 205 g/mol. The number of aldehydes is 1. The molecular formula is C11H8FNO2. The quantitative estimate of drug-likeness (QED) is 0.708. The Balaban J connectivity index is 2.55. The molecule has 0 radical (unpaired) electrons. The smallest absolute Gasteiger partial charge is 0.229 e. The van der Waals surface area contributed by atoms with Gasteiger partial charge in [0.05, 0.1) is 11.3 Å². The van der Waals surface area contributed by atoms with Crippen molar-refractivity contribution in [1.82, 2.24) is 4.98 Å². The molecule has 0 bridgehead atoms. The van der Waals surface area contributed by atoms with E-state index >= 15 is 0 Å². The number of nitrogens with zero attached hydrogens (tertiary/aromatic N) is 1. The largest absolute Gasteiger partial charge is 0.444 e. The minimum absolute atomic E-state index is 0.189. The Morgan fingerprint density at radius 1 is 1.47 bits per heavy atom. The molecule has 0 saturated heterocycles. The van der Waals surface area contributed by atoms with E-state index in [1.807, 2.05) is 0 Å². The van der Waals surface area contributed by atoms with Gasteiger partial charge in [0.1, 0.15) is 18.4 Å². The van der Waals surface area contributed by atoms with E-state index in [1.165, 1.54) is 24.5 Å². The van der Waals surface area contributed by atoms with Gasteiger partial charge in [0.25, 0.3) is 0 Å². The summed E-state index contributed by atoms with van der Waals surface area (Å²) in [6.07, 6.45) is 2.08. The molecule has 3 nitrogen and oxygen atoms in total. The molecule has 0 unspecified atom stereocenters. The van der Waals surface area contributed by atoms with Gasteiger partial charge in [0, 0.05) is 5.56 Å². The van der Waals surface area contributed by atoms with Crippen molar-refractivity contribution in [2.75, 3.05) is 0 Å². The summed E-state index contributed by atoms with van der Waals surface area (Å²) in [5.41, 5.74) is 1.26. The van der Waals surface area contributed by atoms with E-state index in [2.05, 4.69) is 4.98 Å². The summed E-state index contributed by atoms with van der Waals surface area (Å²) in [7, 11) is 0. The van der Waals surface area contributed by atoms with Crippen LogP contribution in [0.3, 0.4) is 0 Å². The zero-order valence-electron chi connectivity index (χ0n) is 8.03. The Morgan fingerprint density at radius 2 is 2.27 bits per heavy atom. The number of halogens is 1. The lowest BCUT2D eigenvalue weighted by Gasteiger charge is -1.98. The molecule has 0 aliphatic carbocycles. The highest BCUT2D eigenvalue weighted by atomic mass is 19.1. The molecule has 0 spiro atoms. The van der Waals surface area contributed by atoms with Gasteiger partial charge in [-0.25, -0.2) is 9.37 Å². The van der Waals surface area contributed by atoms with Crippen molar-refractivity contribution in [1.29, 1.82) is 0 Å². The van der Waals surface area contributed by atoms with E-state index < -0.39 is 5.82 Å². The fourth-order valence-corrected chi connectivity index (χ4v) is 1.26. The van der Waals surface area contributed by atoms with E-state index in [0.717, 1.165) is 0 Å². The topological polar surface area (TPSA) is 43.1 Å². The first-order valence-corrected chi connectivity index (χ1v) is 4.38. The summed E-state index contributed by atoms with van der Waals surface area (Å²) in [5.74, 6) is -0.267. The average Bonchev–Trinajstić information content (AvgIpc) is 2.65. The summed E-state index contributed by atoms with van der Waals surface area (Å²) >= 11 is 0. The molecule has 1 aromatic heterocycles. The van der Waals surface area contributed by atoms with Gasteiger partial charge in [-0.2, -0.15) is 0 Å². The fraction of sp³-hybridized carbons (Fsp3) is 0.0909. The molecule has 4 heteroatoms. The summed E-state index contributed by atoms with van der Waals surface area (Å²) in [4.78, 5) is 14.5. The summed E-state index contributed by atoms with van der Waals surface area (Å²) in [5, 5.41) is 0. The molecule has 15 heavy (non-hydrogen) atoms. The first-order chi connectivity index (χ1) is 7.20. The van der Waals surface area contributed by atoms with Crippen LogP contribution in [0.25, 0.3) is 11.5 Å². The van der Waals surface area contributed by atoms with E-state index in [4.69, 9.17) is 4.42 Å². The molecule has 1 heterocycles. The Morgan fingerprint density at radius 3 is 2.87 bits per heavy atom. The van der Waals surface area contributed by atoms with Crippen LogP contribution in [-0.4, -0.2) is 11.3 Å². The van der Waals surface area contributed by atoms with E-state index in [0.29, 0.717) is 17.5 Å². The maximum Gasteiger partial charge on any atom is 0.229 e. The number of hydrogen-bond donors (Lipinski definition) is 0. The number of carbonyl (C=O) groups is 1. The molecule has 0 aliphatic heterocycles. The van der Waals surface area contributed by atoms with Crippen molar-refractivity contribution >= 4 is 6.29 Å². The Bertz CT molecular complexity index is 505. The molecular weight excluding hydrogens is 197 g/mol. The van der Waals surface area contributed by atoms with Crippen LogP contribution >= 0.6 is 0 Å². The molecule has 2 rings (SSSR count). The first kappa shape index (κ1) is 9.58. The maximum absolute atomic E-state index is 13.4. The minimum atomic E-state index is -0.456.